The van der Waals surface area contributed by atoms with Crippen LogP contribution in [0.1, 0.15) is 27.9 Å². The summed E-state index contributed by atoms with van der Waals surface area (Å²) in [6.07, 6.45) is 1.89. The second-order valence-electron chi connectivity index (χ2n) is 3.47. The highest BCUT2D eigenvalue weighted by atomic mass is 16.5. The number of fused-ring (bicyclic) bond motifs is 1. The lowest BCUT2D eigenvalue weighted by atomic mass is 9.96. The van der Waals surface area contributed by atoms with Crippen molar-refractivity contribution in [2.24, 2.45) is 0 Å². The zero-order valence-electron chi connectivity index (χ0n) is 8.04. The summed E-state index contributed by atoms with van der Waals surface area (Å²) >= 11 is 0. The number of hydrogen-bond donors (Lipinski definition) is 1. The number of rotatable bonds is 1. The number of carboxylic acid groups (broad SMARTS) is 1. The minimum atomic E-state index is -0.865. The largest absolute Gasteiger partial charge is 0.493 e. The van der Waals surface area contributed by atoms with E-state index >= 15 is 0 Å². The van der Waals surface area contributed by atoms with Crippen LogP contribution in [0.15, 0.2) is 12.1 Å². The minimum absolute atomic E-state index is 0.384. The molecule has 1 heterocycles. The van der Waals surface area contributed by atoms with E-state index in [0.717, 1.165) is 36.3 Å². The third kappa shape index (κ3) is 1.35. The lowest BCUT2D eigenvalue weighted by Gasteiger charge is -2.19. The Morgan fingerprint density at radius 1 is 1.50 bits per heavy atom. The fourth-order valence-electron chi connectivity index (χ4n) is 1.84. The molecule has 2 rings (SSSR count). The molecule has 0 saturated heterocycles. The predicted octanol–water partition coefficient (Wildman–Crippen LogP) is 2.02. The van der Waals surface area contributed by atoms with Gasteiger partial charge in [0.05, 0.1) is 12.2 Å². The van der Waals surface area contributed by atoms with E-state index in [9.17, 15) is 4.79 Å². The molecule has 1 N–H and O–H groups in total. The quantitative estimate of drug-likeness (QED) is 0.740. The van der Waals surface area contributed by atoms with E-state index in [1.54, 1.807) is 12.1 Å². The average molecular weight is 192 g/mol. The van der Waals surface area contributed by atoms with Gasteiger partial charge in [-0.3, -0.25) is 0 Å². The molecule has 0 spiro atoms. The van der Waals surface area contributed by atoms with Crippen LogP contribution in [0.2, 0.25) is 0 Å². The van der Waals surface area contributed by atoms with E-state index in [-0.39, 0.29) is 0 Å². The molecule has 0 amide bonds. The predicted molar refractivity (Wildman–Crippen MR) is 52.0 cm³/mol. The zero-order valence-corrected chi connectivity index (χ0v) is 8.04. The molecular weight excluding hydrogens is 180 g/mol. The molecule has 1 aromatic carbocycles. The number of benzene rings is 1. The van der Waals surface area contributed by atoms with Crippen molar-refractivity contribution in [2.75, 3.05) is 6.61 Å². The maximum absolute atomic E-state index is 10.9. The van der Waals surface area contributed by atoms with E-state index < -0.39 is 5.97 Å². The first-order valence-electron chi connectivity index (χ1n) is 4.68. The van der Waals surface area contributed by atoms with Gasteiger partial charge in [0.15, 0.2) is 0 Å². The van der Waals surface area contributed by atoms with Gasteiger partial charge in [-0.1, -0.05) is 0 Å². The number of hydrogen-bond acceptors (Lipinski definition) is 2. The fourth-order valence-corrected chi connectivity index (χ4v) is 1.84. The lowest BCUT2D eigenvalue weighted by Crippen LogP contribution is -2.12. The van der Waals surface area contributed by atoms with Crippen LogP contribution in [0.3, 0.4) is 0 Å². The molecule has 1 aromatic rings. The number of carbonyl (C=O) groups is 1. The fraction of sp³-hybridized carbons (Fsp3) is 0.364. The maximum atomic E-state index is 10.9. The van der Waals surface area contributed by atoms with Crippen LogP contribution in [0.4, 0.5) is 0 Å². The van der Waals surface area contributed by atoms with E-state index in [2.05, 4.69) is 0 Å². The summed E-state index contributed by atoms with van der Waals surface area (Å²) in [7, 11) is 0. The van der Waals surface area contributed by atoms with Gasteiger partial charge in [-0.25, -0.2) is 4.79 Å². The normalized spacial score (nSPS) is 14.4. The van der Waals surface area contributed by atoms with Crippen LogP contribution in [0, 0.1) is 6.92 Å². The second-order valence-corrected chi connectivity index (χ2v) is 3.47. The van der Waals surface area contributed by atoms with Crippen LogP contribution >= 0.6 is 0 Å². The monoisotopic (exact) mass is 192 g/mol. The second kappa shape index (κ2) is 3.33. The van der Waals surface area contributed by atoms with Gasteiger partial charge >= 0.3 is 5.97 Å². The summed E-state index contributed by atoms with van der Waals surface area (Å²) in [6, 6.07) is 3.37. The Bertz CT molecular complexity index is 382. The summed E-state index contributed by atoms with van der Waals surface area (Å²) in [5, 5.41) is 8.93. The highest BCUT2D eigenvalue weighted by Crippen LogP contribution is 2.29. The van der Waals surface area contributed by atoms with E-state index in [0.29, 0.717) is 5.56 Å². The first-order chi connectivity index (χ1) is 6.70. The molecule has 3 heteroatoms. The van der Waals surface area contributed by atoms with Crippen LogP contribution in [0.25, 0.3) is 0 Å². The molecule has 0 aromatic heterocycles. The van der Waals surface area contributed by atoms with E-state index in [4.69, 9.17) is 9.84 Å². The molecule has 0 fully saturated rings. The molecule has 14 heavy (non-hydrogen) atoms. The van der Waals surface area contributed by atoms with Crippen molar-refractivity contribution >= 4 is 5.97 Å². The molecule has 0 bridgehead atoms. The van der Waals surface area contributed by atoms with Crippen LogP contribution < -0.4 is 4.74 Å². The topological polar surface area (TPSA) is 46.5 Å². The van der Waals surface area contributed by atoms with Gasteiger partial charge in [-0.2, -0.15) is 0 Å². The van der Waals surface area contributed by atoms with Gasteiger partial charge < -0.3 is 9.84 Å². The average Bonchev–Trinajstić information content (AvgIpc) is 2.18. The Morgan fingerprint density at radius 3 is 3.00 bits per heavy atom. The van der Waals surface area contributed by atoms with Gasteiger partial charge in [0.25, 0.3) is 0 Å². The van der Waals surface area contributed by atoms with Crippen LogP contribution in [-0.2, 0) is 6.42 Å². The molecule has 0 saturated carbocycles. The SMILES string of the molecule is Cc1c(C(=O)O)ccc2c1CCCO2. The first kappa shape index (κ1) is 9.06. The molecule has 1 aliphatic heterocycles. The van der Waals surface area contributed by atoms with E-state index in [1.165, 1.54) is 0 Å². The van der Waals surface area contributed by atoms with Gasteiger partial charge in [0, 0.05) is 0 Å². The van der Waals surface area contributed by atoms with Crippen molar-refractivity contribution in [3.05, 3.63) is 28.8 Å². The lowest BCUT2D eigenvalue weighted by molar-refractivity contribution is 0.0696. The van der Waals surface area contributed by atoms with Crippen molar-refractivity contribution in [1.82, 2.24) is 0 Å². The van der Waals surface area contributed by atoms with Crippen molar-refractivity contribution in [3.8, 4) is 5.75 Å². The third-order valence-electron chi connectivity index (χ3n) is 2.61. The summed E-state index contributed by atoms with van der Waals surface area (Å²) in [5.74, 6) is -0.0189. The molecular formula is C11H12O3. The summed E-state index contributed by atoms with van der Waals surface area (Å²) in [6.45, 7) is 2.58. The van der Waals surface area contributed by atoms with E-state index in [1.807, 2.05) is 6.92 Å². The zero-order chi connectivity index (χ0) is 10.1. The van der Waals surface area contributed by atoms with Gasteiger partial charge in [-0.15, -0.1) is 0 Å². The number of aromatic carboxylic acids is 1. The maximum Gasteiger partial charge on any atom is 0.335 e. The number of carboxylic acids is 1. The van der Waals surface area contributed by atoms with Gasteiger partial charge in [0.2, 0.25) is 0 Å². The van der Waals surface area contributed by atoms with Crippen LogP contribution in [-0.4, -0.2) is 17.7 Å². The van der Waals surface area contributed by atoms with Crippen molar-refractivity contribution < 1.29 is 14.6 Å². The highest BCUT2D eigenvalue weighted by Gasteiger charge is 2.17. The van der Waals surface area contributed by atoms with Crippen molar-refractivity contribution in [2.45, 2.75) is 19.8 Å². The molecule has 0 aliphatic carbocycles. The Balaban J connectivity index is 2.54. The molecule has 3 nitrogen and oxygen atoms in total. The Labute approximate surface area is 82.3 Å². The first-order valence-corrected chi connectivity index (χ1v) is 4.68. The van der Waals surface area contributed by atoms with Gasteiger partial charge in [-0.05, 0) is 43.0 Å². The van der Waals surface area contributed by atoms with Gasteiger partial charge in [0.1, 0.15) is 5.75 Å². The summed E-state index contributed by atoms with van der Waals surface area (Å²) in [4.78, 5) is 10.9. The van der Waals surface area contributed by atoms with Crippen LogP contribution in [0.5, 0.6) is 5.75 Å². The molecule has 0 unspecified atom stereocenters. The summed E-state index contributed by atoms with van der Waals surface area (Å²) < 4.78 is 5.45. The third-order valence-corrected chi connectivity index (χ3v) is 2.61. The van der Waals surface area contributed by atoms with Crippen molar-refractivity contribution in [1.29, 1.82) is 0 Å². The Kier molecular flexibility index (Phi) is 2.15. The standard InChI is InChI=1S/C11H12O3/c1-7-8-3-2-6-14-10(8)5-4-9(7)11(12)13/h4-5H,2-3,6H2,1H3,(H,12,13). The Morgan fingerprint density at radius 2 is 2.29 bits per heavy atom. The molecule has 0 radical (unpaired) electrons. The Hall–Kier alpha value is -1.51. The minimum Gasteiger partial charge on any atom is -0.493 e. The smallest absolute Gasteiger partial charge is 0.335 e. The molecule has 1 aliphatic rings. The molecule has 74 valence electrons. The number of ether oxygens (including phenoxy) is 1. The molecule has 0 atom stereocenters. The highest BCUT2D eigenvalue weighted by molar-refractivity contribution is 5.90. The summed E-state index contributed by atoms with van der Waals surface area (Å²) in [5.41, 5.74) is 2.28. The van der Waals surface area contributed by atoms with Crippen molar-refractivity contribution in [3.63, 3.8) is 0 Å².